The normalized spacial score (nSPS) is 16.8. The Morgan fingerprint density at radius 1 is 1.46 bits per heavy atom. The van der Waals surface area contributed by atoms with E-state index in [1.165, 1.54) is 0 Å². The van der Waals surface area contributed by atoms with Gasteiger partial charge in [0.2, 0.25) is 0 Å². The monoisotopic (exact) mass is 181 g/mol. The summed E-state index contributed by atoms with van der Waals surface area (Å²) in [6.45, 7) is 7.26. The van der Waals surface area contributed by atoms with Crippen LogP contribution in [0.3, 0.4) is 0 Å². The summed E-state index contributed by atoms with van der Waals surface area (Å²) in [5.41, 5.74) is -0.441. The van der Waals surface area contributed by atoms with Crippen LogP contribution in [-0.2, 0) is 9.53 Å². The van der Waals surface area contributed by atoms with Crippen LogP contribution in [0.1, 0.15) is 20.8 Å². The van der Waals surface area contributed by atoms with Gasteiger partial charge < -0.3 is 10.1 Å². The van der Waals surface area contributed by atoms with Crippen LogP contribution in [0.5, 0.6) is 0 Å². The second-order valence-electron chi connectivity index (χ2n) is 4.13. The Kier molecular flexibility index (Phi) is 2.94. The fraction of sp³-hybridized carbons (Fsp3) is 0.700. The number of hydrogen-bond donors (Lipinski definition) is 1. The molecule has 1 N–H and O–H groups in total. The van der Waals surface area contributed by atoms with Gasteiger partial charge in [0.05, 0.1) is 0 Å². The maximum absolute atomic E-state index is 11.1. The van der Waals surface area contributed by atoms with Crippen LogP contribution in [0.4, 0.5) is 0 Å². The molecule has 0 amide bonds. The molecule has 1 rings (SSSR count). The van der Waals surface area contributed by atoms with Gasteiger partial charge in [-0.05, 0) is 20.8 Å². The van der Waals surface area contributed by atoms with Crippen molar-refractivity contribution in [3.63, 3.8) is 0 Å². The van der Waals surface area contributed by atoms with E-state index >= 15 is 0 Å². The molecule has 0 atom stereocenters. The molecule has 3 nitrogen and oxygen atoms in total. The lowest BCUT2D eigenvalue weighted by Gasteiger charge is -2.21. The highest BCUT2D eigenvalue weighted by atomic mass is 16.6. The summed E-state index contributed by atoms with van der Waals surface area (Å²) in [6.07, 6.45) is 0. The van der Waals surface area contributed by atoms with Gasteiger partial charge in [-0.2, -0.15) is 0 Å². The molecule has 0 aromatic heterocycles. The van der Waals surface area contributed by atoms with Crippen molar-refractivity contribution in [1.82, 2.24) is 5.32 Å². The smallest absolute Gasteiger partial charge is 0.384 e. The lowest BCUT2D eigenvalue weighted by atomic mass is 10.1. The minimum Gasteiger partial charge on any atom is -0.450 e. The van der Waals surface area contributed by atoms with E-state index in [1.807, 2.05) is 20.8 Å². The van der Waals surface area contributed by atoms with E-state index in [9.17, 15) is 4.79 Å². The van der Waals surface area contributed by atoms with Crippen LogP contribution < -0.4 is 5.32 Å². The van der Waals surface area contributed by atoms with Crippen LogP contribution >= 0.6 is 0 Å². The van der Waals surface area contributed by atoms with Gasteiger partial charge in [-0.3, -0.25) is 0 Å². The SMILES string of the molecule is CC(C)(C)OC(=O)C#CC1CNC1. The molecule has 0 spiro atoms. The number of esters is 1. The molecule has 1 fully saturated rings. The second-order valence-corrected chi connectivity index (χ2v) is 4.13. The molecule has 0 aromatic rings. The Morgan fingerprint density at radius 2 is 2.08 bits per heavy atom. The summed E-state index contributed by atoms with van der Waals surface area (Å²) >= 11 is 0. The van der Waals surface area contributed by atoms with Crippen LogP contribution in [0.15, 0.2) is 0 Å². The summed E-state index contributed by atoms with van der Waals surface area (Å²) in [7, 11) is 0. The van der Waals surface area contributed by atoms with Gasteiger partial charge in [-0.25, -0.2) is 4.79 Å². The second kappa shape index (κ2) is 3.80. The number of ether oxygens (including phenoxy) is 1. The quantitative estimate of drug-likeness (QED) is 0.337. The Bertz CT molecular complexity index is 250. The van der Waals surface area contributed by atoms with Gasteiger partial charge in [0.1, 0.15) is 5.60 Å². The van der Waals surface area contributed by atoms with Crippen molar-refractivity contribution in [3.8, 4) is 11.8 Å². The van der Waals surface area contributed by atoms with Gasteiger partial charge >= 0.3 is 5.97 Å². The van der Waals surface area contributed by atoms with Crippen molar-refractivity contribution in [1.29, 1.82) is 0 Å². The summed E-state index contributed by atoms with van der Waals surface area (Å²) in [6, 6.07) is 0. The zero-order valence-electron chi connectivity index (χ0n) is 8.31. The van der Waals surface area contributed by atoms with E-state index in [4.69, 9.17) is 4.74 Å². The molecule has 0 unspecified atom stereocenters. The molecular formula is C10H15NO2. The van der Waals surface area contributed by atoms with Crippen molar-refractivity contribution < 1.29 is 9.53 Å². The van der Waals surface area contributed by atoms with Crippen LogP contribution in [0, 0.1) is 17.8 Å². The average molecular weight is 181 g/mol. The van der Waals surface area contributed by atoms with Gasteiger partial charge in [-0.15, -0.1) is 0 Å². The van der Waals surface area contributed by atoms with Crippen LogP contribution in [-0.4, -0.2) is 24.7 Å². The third kappa shape index (κ3) is 3.95. The lowest BCUT2D eigenvalue weighted by molar-refractivity contribution is -0.147. The predicted octanol–water partition coefficient (Wildman–Crippen LogP) is 0.551. The van der Waals surface area contributed by atoms with E-state index in [0.717, 1.165) is 13.1 Å². The Balaban J connectivity index is 2.34. The zero-order chi connectivity index (χ0) is 9.90. The number of rotatable bonds is 0. The first-order valence-electron chi connectivity index (χ1n) is 4.42. The van der Waals surface area contributed by atoms with Crippen molar-refractivity contribution >= 4 is 5.97 Å². The third-order valence-corrected chi connectivity index (χ3v) is 1.56. The maximum atomic E-state index is 11.1. The maximum Gasteiger partial charge on any atom is 0.384 e. The molecule has 0 radical (unpaired) electrons. The third-order valence-electron chi connectivity index (χ3n) is 1.56. The molecule has 1 aliphatic heterocycles. The van der Waals surface area contributed by atoms with E-state index < -0.39 is 11.6 Å². The van der Waals surface area contributed by atoms with Gasteiger partial charge in [0, 0.05) is 24.9 Å². The minimum atomic E-state index is -0.441. The van der Waals surface area contributed by atoms with Crippen molar-refractivity contribution in [2.45, 2.75) is 26.4 Å². The molecule has 1 aliphatic rings. The Hall–Kier alpha value is -1.01. The molecule has 13 heavy (non-hydrogen) atoms. The zero-order valence-corrected chi connectivity index (χ0v) is 8.31. The highest BCUT2D eigenvalue weighted by molar-refractivity contribution is 5.88. The standard InChI is InChI=1S/C10H15NO2/c1-10(2,3)13-9(12)5-4-8-6-11-7-8/h8,11H,6-7H2,1-3H3. The molecule has 3 heteroatoms. The molecule has 0 aromatic carbocycles. The number of hydrogen-bond acceptors (Lipinski definition) is 3. The molecule has 1 heterocycles. The van der Waals surface area contributed by atoms with Crippen molar-refractivity contribution in [2.75, 3.05) is 13.1 Å². The fourth-order valence-electron chi connectivity index (χ4n) is 0.855. The number of nitrogens with one attached hydrogen (secondary N) is 1. The van der Waals surface area contributed by atoms with Crippen LogP contribution in [0.2, 0.25) is 0 Å². The van der Waals surface area contributed by atoms with Gasteiger partial charge in [0.15, 0.2) is 0 Å². The molecule has 0 aliphatic carbocycles. The molecule has 1 saturated heterocycles. The summed E-state index contributed by atoms with van der Waals surface area (Å²) in [5.74, 6) is 5.24. The largest absolute Gasteiger partial charge is 0.450 e. The summed E-state index contributed by atoms with van der Waals surface area (Å²) in [5, 5.41) is 3.08. The molecule has 0 saturated carbocycles. The summed E-state index contributed by atoms with van der Waals surface area (Å²) < 4.78 is 5.02. The fourth-order valence-corrected chi connectivity index (χ4v) is 0.855. The van der Waals surface area contributed by atoms with E-state index in [2.05, 4.69) is 17.2 Å². The number of carbonyl (C=O) groups is 1. The highest BCUT2D eigenvalue weighted by Gasteiger charge is 2.16. The van der Waals surface area contributed by atoms with E-state index in [0.29, 0.717) is 5.92 Å². The molecule has 0 bridgehead atoms. The molecule has 72 valence electrons. The van der Waals surface area contributed by atoms with Crippen molar-refractivity contribution in [3.05, 3.63) is 0 Å². The summed E-state index contributed by atoms with van der Waals surface area (Å²) in [4.78, 5) is 11.1. The average Bonchev–Trinajstić information content (AvgIpc) is 1.78. The first kappa shape index (κ1) is 10.1. The van der Waals surface area contributed by atoms with Crippen molar-refractivity contribution in [2.24, 2.45) is 5.92 Å². The van der Waals surface area contributed by atoms with Gasteiger partial charge in [0.25, 0.3) is 0 Å². The molecular weight excluding hydrogens is 166 g/mol. The Morgan fingerprint density at radius 3 is 2.46 bits per heavy atom. The van der Waals surface area contributed by atoms with Crippen LogP contribution in [0.25, 0.3) is 0 Å². The highest BCUT2D eigenvalue weighted by Crippen LogP contribution is 2.06. The lowest BCUT2D eigenvalue weighted by Crippen LogP contribution is -2.41. The predicted molar refractivity (Wildman–Crippen MR) is 50.0 cm³/mol. The first-order valence-corrected chi connectivity index (χ1v) is 4.42. The Labute approximate surface area is 78.8 Å². The number of carbonyl (C=O) groups excluding carboxylic acids is 1. The van der Waals surface area contributed by atoms with Gasteiger partial charge in [-0.1, -0.05) is 5.92 Å². The van der Waals surface area contributed by atoms with E-state index in [-0.39, 0.29) is 0 Å². The first-order chi connectivity index (χ1) is 5.97. The topological polar surface area (TPSA) is 38.3 Å². The van der Waals surface area contributed by atoms with E-state index in [1.54, 1.807) is 0 Å². The minimum absolute atomic E-state index is 0.326.